The molecular weight excluding hydrogens is 252 g/mol. The van der Waals surface area contributed by atoms with Crippen molar-refractivity contribution >= 4 is 17.3 Å². The molecule has 1 aromatic carbocycles. The Kier molecular flexibility index (Phi) is 6.02. The van der Waals surface area contributed by atoms with Gasteiger partial charge in [-0.3, -0.25) is 4.79 Å². The minimum Gasteiger partial charge on any atom is -0.385 e. The third kappa shape index (κ3) is 4.85. The molecule has 20 heavy (non-hydrogen) atoms. The van der Waals surface area contributed by atoms with Crippen LogP contribution in [0.2, 0.25) is 0 Å². The van der Waals surface area contributed by atoms with E-state index in [1.165, 1.54) is 0 Å². The third-order valence-electron chi connectivity index (χ3n) is 3.52. The number of amides is 1. The Morgan fingerprint density at radius 2 is 1.95 bits per heavy atom. The van der Waals surface area contributed by atoms with Crippen molar-refractivity contribution in [2.75, 3.05) is 24.3 Å². The van der Waals surface area contributed by atoms with Gasteiger partial charge < -0.3 is 15.4 Å². The summed E-state index contributed by atoms with van der Waals surface area (Å²) in [6.07, 6.45) is 1.40. The summed E-state index contributed by atoms with van der Waals surface area (Å²) in [5, 5.41) is 6.32. The molecule has 0 spiro atoms. The molecule has 0 aliphatic rings. The van der Waals surface area contributed by atoms with Crippen molar-refractivity contribution in [1.82, 2.24) is 0 Å². The molecule has 0 heterocycles. The van der Waals surface area contributed by atoms with Gasteiger partial charge in [-0.25, -0.2) is 0 Å². The zero-order valence-corrected chi connectivity index (χ0v) is 13.2. The number of hydrogen-bond donors (Lipinski definition) is 2. The van der Waals surface area contributed by atoms with E-state index in [0.29, 0.717) is 6.42 Å². The summed E-state index contributed by atoms with van der Waals surface area (Å²) >= 11 is 0. The lowest BCUT2D eigenvalue weighted by Crippen LogP contribution is -2.25. The van der Waals surface area contributed by atoms with E-state index in [1.807, 2.05) is 32.0 Å². The highest BCUT2D eigenvalue weighted by atomic mass is 16.5. The fourth-order valence-electron chi connectivity index (χ4n) is 1.80. The molecule has 0 aliphatic heterocycles. The van der Waals surface area contributed by atoms with Crippen LogP contribution in [0.1, 0.15) is 39.2 Å². The highest BCUT2D eigenvalue weighted by Crippen LogP contribution is 2.24. The number of hydrogen-bond acceptors (Lipinski definition) is 3. The summed E-state index contributed by atoms with van der Waals surface area (Å²) in [4.78, 5) is 11.5. The van der Waals surface area contributed by atoms with Crippen LogP contribution in [0.4, 0.5) is 11.4 Å². The molecule has 2 N–H and O–H groups in total. The Balaban J connectivity index is 2.67. The van der Waals surface area contributed by atoms with Crippen LogP contribution in [0.3, 0.4) is 0 Å². The number of carbonyl (C=O) groups excluding carboxylic acids is 1. The fraction of sp³-hybridized carbons (Fsp3) is 0.562. The van der Waals surface area contributed by atoms with E-state index in [1.54, 1.807) is 7.11 Å². The summed E-state index contributed by atoms with van der Waals surface area (Å²) in [6.45, 7) is 8.82. The maximum absolute atomic E-state index is 11.5. The van der Waals surface area contributed by atoms with Crippen LogP contribution < -0.4 is 10.6 Å². The molecule has 1 aromatic rings. The number of rotatable bonds is 7. The van der Waals surface area contributed by atoms with Crippen molar-refractivity contribution in [1.29, 1.82) is 0 Å². The zero-order chi connectivity index (χ0) is 15.2. The van der Waals surface area contributed by atoms with Gasteiger partial charge >= 0.3 is 0 Å². The molecular formula is C16H26N2O2. The first kappa shape index (κ1) is 16.5. The Bertz CT molecular complexity index is 456. The molecule has 0 bridgehead atoms. The Morgan fingerprint density at radius 3 is 2.55 bits per heavy atom. The summed E-state index contributed by atoms with van der Waals surface area (Å²) in [5.41, 5.74) is 2.85. The topological polar surface area (TPSA) is 50.4 Å². The predicted octanol–water partition coefficient (Wildman–Crippen LogP) is 3.57. The Hall–Kier alpha value is -1.55. The monoisotopic (exact) mass is 278 g/mol. The fourth-order valence-corrected chi connectivity index (χ4v) is 1.80. The molecule has 0 aromatic heterocycles. The van der Waals surface area contributed by atoms with Crippen LogP contribution in [-0.2, 0) is 9.53 Å². The van der Waals surface area contributed by atoms with Crippen molar-refractivity contribution in [3.05, 3.63) is 23.8 Å². The van der Waals surface area contributed by atoms with E-state index in [-0.39, 0.29) is 11.5 Å². The van der Waals surface area contributed by atoms with Gasteiger partial charge in [0.2, 0.25) is 5.91 Å². The number of nitrogens with one attached hydrogen (secondary N) is 2. The van der Waals surface area contributed by atoms with Gasteiger partial charge in [0, 0.05) is 31.5 Å². The summed E-state index contributed by atoms with van der Waals surface area (Å²) in [7, 11) is 1.73. The number of methoxy groups -OCH3 is 1. The molecule has 1 amide bonds. The molecule has 0 saturated carbocycles. The molecule has 0 fully saturated rings. The summed E-state index contributed by atoms with van der Waals surface area (Å²) in [5.74, 6) is 0.0331. The first-order valence-electron chi connectivity index (χ1n) is 7.08. The molecule has 4 heteroatoms. The van der Waals surface area contributed by atoms with Gasteiger partial charge in [0.25, 0.3) is 0 Å². The molecule has 112 valence electrons. The first-order valence-corrected chi connectivity index (χ1v) is 7.08. The number of benzene rings is 1. The van der Waals surface area contributed by atoms with E-state index in [2.05, 4.69) is 24.5 Å². The first-order chi connectivity index (χ1) is 9.39. The van der Waals surface area contributed by atoms with Crippen LogP contribution in [0.25, 0.3) is 0 Å². The van der Waals surface area contributed by atoms with Gasteiger partial charge in [0.1, 0.15) is 0 Å². The van der Waals surface area contributed by atoms with Gasteiger partial charge in [-0.2, -0.15) is 0 Å². The van der Waals surface area contributed by atoms with Crippen molar-refractivity contribution in [2.45, 2.75) is 46.1 Å². The van der Waals surface area contributed by atoms with E-state index < -0.39 is 0 Å². The molecule has 0 atom stereocenters. The lowest BCUT2D eigenvalue weighted by molar-refractivity contribution is -0.115. The predicted molar refractivity (Wildman–Crippen MR) is 84.3 cm³/mol. The largest absolute Gasteiger partial charge is 0.385 e. The van der Waals surface area contributed by atoms with E-state index >= 15 is 0 Å². The van der Waals surface area contributed by atoms with Crippen LogP contribution in [0.5, 0.6) is 0 Å². The van der Waals surface area contributed by atoms with Crippen molar-refractivity contribution in [2.24, 2.45) is 0 Å². The molecule has 4 nitrogen and oxygen atoms in total. The van der Waals surface area contributed by atoms with E-state index in [9.17, 15) is 4.79 Å². The quantitative estimate of drug-likeness (QED) is 0.801. The average Bonchev–Trinajstić information content (AvgIpc) is 2.42. The minimum absolute atomic E-state index is 0.0331. The van der Waals surface area contributed by atoms with Crippen molar-refractivity contribution < 1.29 is 9.53 Å². The van der Waals surface area contributed by atoms with Gasteiger partial charge in [-0.1, -0.05) is 13.0 Å². The molecule has 0 radical (unpaired) electrons. The second-order valence-electron chi connectivity index (χ2n) is 5.52. The normalized spacial score (nSPS) is 11.2. The Labute approximate surface area is 121 Å². The maximum Gasteiger partial charge on any atom is 0.224 e. The van der Waals surface area contributed by atoms with Gasteiger partial charge in [0.15, 0.2) is 0 Å². The second-order valence-corrected chi connectivity index (χ2v) is 5.52. The van der Waals surface area contributed by atoms with E-state index in [0.717, 1.165) is 29.9 Å². The van der Waals surface area contributed by atoms with Crippen LogP contribution in [0, 0.1) is 6.92 Å². The summed E-state index contributed by atoms with van der Waals surface area (Å²) < 4.78 is 5.40. The van der Waals surface area contributed by atoms with Crippen LogP contribution in [0.15, 0.2) is 18.2 Å². The molecule has 0 aliphatic carbocycles. The SMILES string of the molecule is CCC(=O)Nc1cccc(NCCC(C)(C)OC)c1C. The number of anilines is 2. The zero-order valence-electron chi connectivity index (χ0n) is 13.2. The number of ether oxygens (including phenoxy) is 1. The Morgan fingerprint density at radius 1 is 1.30 bits per heavy atom. The highest BCUT2D eigenvalue weighted by Gasteiger charge is 2.15. The van der Waals surface area contributed by atoms with Crippen molar-refractivity contribution in [3.8, 4) is 0 Å². The third-order valence-corrected chi connectivity index (χ3v) is 3.52. The lowest BCUT2D eigenvalue weighted by atomic mass is 10.1. The number of carbonyl (C=O) groups is 1. The van der Waals surface area contributed by atoms with Gasteiger partial charge in [0.05, 0.1) is 5.60 Å². The van der Waals surface area contributed by atoms with Crippen molar-refractivity contribution in [3.63, 3.8) is 0 Å². The van der Waals surface area contributed by atoms with E-state index in [4.69, 9.17) is 4.74 Å². The molecule has 1 rings (SSSR count). The highest BCUT2D eigenvalue weighted by molar-refractivity contribution is 5.92. The van der Waals surface area contributed by atoms with Crippen LogP contribution >= 0.6 is 0 Å². The van der Waals surface area contributed by atoms with Gasteiger partial charge in [-0.05, 0) is 44.9 Å². The van der Waals surface area contributed by atoms with Crippen LogP contribution in [-0.4, -0.2) is 25.2 Å². The summed E-state index contributed by atoms with van der Waals surface area (Å²) in [6, 6.07) is 5.89. The smallest absolute Gasteiger partial charge is 0.224 e. The molecule has 0 unspecified atom stereocenters. The standard InChI is InChI=1S/C16H26N2O2/c1-6-15(19)18-14-9-7-8-13(12(14)2)17-11-10-16(3,4)20-5/h7-9,17H,6,10-11H2,1-5H3,(H,18,19). The van der Waals surface area contributed by atoms with Gasteiger partial charge in [-0.15, -0.1) is 0 Å². The molecule has 0 saturated heterocycles. The minimum atomic E-state index is -0.130. The maximum atomic E-state index is 11.5. The second kappa shape index (κ2) is 7.29. The lowest BCUT2D eigenvalue weighted by Gasteiger charge is -2.23. The average molecular weight is 278 g/mol.